The molecule has 0 saturated carbocycles. The minimum Gasteiger partial charge on any atom is -0.462 e. The molecule has 2 heterocycles. The number of thiophene rings is 1. The number of ether oxygens (including phenoxy) is 1. The van der Waals surface area contributed by atoms with E-state index in [1.54, 1.807) is 19.1 Å². The largest absolute Gasteiger partial charge is 0.462 e. The number of carbonyl (C=O) groups excluding carboxylic acids is 2. The highest BCUT2D eigenvalue weighted by atomic mass is 32.1. The van der Waals surface area contributed by atoms with Crippen molar-refractivity contribution < 1.29 is 14.3 Å². The summed E-state index contributed by atoms with van der Waals surface area (Å²) in [7, 11) is 0. The lowest BCUT2D eigenvalue weighted by Crippen LogP contribution is -2.48. The van der Waals surface area contributed by atoms with Crippen LogP contribution in [0.5, 0.6) is 0 Å². The zero-order valence-corrected chi connectivity index (χ0v) is 15.8. The number of hydrogen-bond acceptors (Lipinski definition) is 6. The number of nitrogens with two attached hydrogens (primary N) is 1. The summed E-state index contributed by atoms with van der Waals surface area (Å²) in [6.07, 6.45) is 0.591. The number of nitrogen functional groups attached to an aromatic ring is 1. The zero-order valence-electron chi connectivity index (χ0n) is 15.0. The van der Waals surface area contributed by atoms with Crippen molar-refractivity contribution in [1.82, 2.24) is 10.2 Å². The highest BCUT2D eigenvalue weighted by molar-refractivity contribution is 7.16. The molecule has 6 nitrogen and oxygen atoms in total. The third-order valence-electron chi connectivity index (χ3n) is 4.52. The fraction of sp³-hybridized carbons (Fsp3) is 0.368. The molecule has 0 spiro atoms. The van der Waals surface area contributed by atoms with Gasteiger partial charge in [-0.2, -0.15) is 0 Å². The van der Waals surface area contributed by atoms with Crippen molar-refractivity contribution in [2.45, 2.75) is 33.0 Å². The van der Waals surface area contributed by atoms with Gasteiger partial charge in [0.1, 0.15) is 5.00 Å². The van der Waals surface area contributed by atoms with Crippen LogP contribution in [0, 0.1) is 0 Å². The number of nitrogens with zero attached hydrogens (tertiary/aromatic N) is 1. The van der Waals surface area contributed by atoms with Crippen molar-refractivity contribution in [2.24, 2.45) is 0 Å². The van der Waals surface area contributed by atoms with E-state index in [2.05, 4.69) is 10.2 Å². The summed E-state index contributed by atoms with van der Waals surface area (Å²) in [5.74, 6) is -0.441. The van der Waals surface area contributed by atoms with E-state index in [4.69, 9.17) is 10.5 Å². The number of hydrogen-bond donors (Lipinski definition) is 2. The van der Waals surface area contributed by atoms with Crippen LogP contribution in [-0.4, -0.2) is 36.1 Å². The zero-order chi connectivity index (χ0) is 18.7. The van der Waals surface area contributed by atoms with Gasteiger partial charge in [0.25, 0.3) is 5.91 Å². The number of amides is 1. The van der Waals surface area contributed by atoms with Crippen molar-refractivity contribution in [3.8, 4) is 0 Å². The number of benzene rings is 1. The predicted molar refractivity (Wildman–Crippen MR) is 102 cm³/mol. The summed E-state index contributed by atoms with van der Waals surface area (Å²) in [6.45, 7) is 5.48. The van der Waals surface area contributed by atoms with Crippen LogP contribution in [-0.2, 0) is 17.7 Å². The molecule has 0 fully saturated rings. The van der Waals surface area contributed by atoms with Crippen LogP contribution in [0.1, 0.15) is 45.0 Å². The summed E-state index contributed by atoms with van der Waals surface area (Å²) < 4.78 is 5.13. The Morgan fingerprint density at radius 1 is 1.35 bits per heavy atom. The maximum atomic E-state index is 12.3. The second-order valence-corrected chi connectivity index (χ2v) is 7.34. The van der Waals surface area contributed by atoms with Gasteiger partial charge < -0.3 is 15.8 Å². The van der Waals surface area contributed by atoms with Gasteiger partial charge in [-0.3, -0.25) is 9.69 Å². The van der Waals surface area contributed by atoms with Gasteiger partial charge in [-0.25, -0.2) is 4.79 Å². The van der Waals surface area contributed by atoms with E-state index in [0.29, 0.717) is 35.7 Å². The van der Waals surface area contributed by atoms with Crippen molar-refractivity contribution in [2.75, 3.05) is 18.9 Å². The first kappa shape index (κ1) is 18.4. The average Bonchev–Trinajstić information content (AvgIpc) is 2.97. The first-order valence-corrected chi connectivity index (χ1v) is 9.50. The van der Waals surface area contributed by atoms with Crippen LogP contribution in [0.4, 0.5) is 5.00 Å². The maximum Gasteiger partial charge on any atom is 0.341 e. The molecular weight excluding hydrogens is 350 g/mol. The molecule has 0 bridgehead atoms. The third-order valence-corrected chi connectivity index (χ3v) is 5.56. The molecule has 1 aromatic heterocycles. The lowest BCUT2D eigenvalue weighted by Gasteiger charge is -2.32. The predicted octanol–water partition coefficient (Wildman–Crippen LogP) is 2.64. The summed E-state index contributed by atoms with van der Waals surface area (Å²) in [5.41, 5.74) is 8.21. The Kier molecular flexibility index (Phi) is 5.58. The van der Waals surface area contributed by atoms with Crippen molar-refractivity contribution >= 4 is 28.2 Å². The van der Waals surface area contributed by atoms with Gasteiger partial charge in [0.2, 0.25) is 0 Å². The Morgan fingerprint density at radius 3 is 2.77 bits per heavy atom. The van der Waals surface area contributed by atoms with E-state index in [9.17, 15) is 9.59 Å². The first-order valence-electron chi connectivity index (χ1n) is 8.68. The van der Waals surface area contributed by atoms with Crippen LogP contribution < -0.4 is 11.1 Å². The number of rotatable bonds is 5. The highest BCUT2D eigenvalue weighted by Crippen LogP contribution is 2.36. The molecule has 1 atom stereocenters. The smallest absolute Gasteiger partial charge is 0.341 e. The Hall–Kier alpha value is -2.38. The quantitative estimate of drug-likeness (QED) is 0.787. The SMILES string of the molecule is CCOC(=O)c1c(N)sc2c1CCN(C(C)NC(=O)c1ccccc1)C2. The second-order valence-electron chi connectivity index (χ2n) is 6.20. The van der Waals surface area contributed by atoms with Gasteiger partial charge in [0.05, 0.1) is 18.3 Å². The summed E-state index contributed by atoms with van der Waals surface area (Å²) in [5, 5.41) is 3.54. The molecular formula is C19H23N3O3S. The van der Waals surface area contributed by atoms with Crippen LogP contribution >= 0.6 is 11.3 Å². The van der Waals surface area contributed by atoms with E-state index in [0.717, 1.165) is 17.0 Å². The molecule has 3 rings (SSSR count). The van der Waals surface area contributed by atoms with Crippen molar-refractivity contribution in [3.05, 3.63) is 51.9 Å². The molecule has 2 aromatic rings. The van der Waals surface area contributed by atoms with Crippen LogP contribution in [0.25, 0.3) is 0 Å². The number of fused-ring (bicyclic) bond motifs is 1. The lowest BCUT2D eigenvalue weighted by atomic mass is 10.0. The van der Waals surface area contributed by atoms with E-state index in [1.165, 1.54) is 11.3 Å². The third kappa shape index (κ3) is 3.73. The minimum absolute atomic E-state index is 0.0956. The molecule has 0 aliphatic carbocycles. The molecule has 1 aliphatic rings. The molecule has 0 radical (unpaired) electrons. The molecule has 7 heteroatoms. The standard InChI is InChI=1S/C19H23N3O3S/c1-3-25-19(24)16-14-9-10-22(11-15(14)26-17(16)20)12(2)21-18(23)13-7-5-4-6-8-13/h4-8,12H,3,9-11,20H2,1-2H3,(H,21,23). The Morgan fingerprint density at radius 2 is 2.08 bits per heavy atom. The highest BCUT2D eigenvalue weighted by Gasteiger charge is 2.29. The van der Waals surface area contributed by atoms with Crippen LogP contribution in [0.3, 0.4) is 0 Å². The van der Waals surface area contributed by atoms with Gasteiger partial charge in [0.15, 0.2) is 0 Å². The molecule has 3 N–H and O–H groups in total. The summed E-state index contributed by atoms with van der Waals surface area (Å²) >= 11 is 1.43. The molecule has 138 valence electrons. The van der Waals surface area contributed by atoms with Gasteiger partial charge in [-0.05, 0) is 38.0 Å². The van der Waals surface area contributed by atoms with Gasteiger partial charge in [0, 0.05) is 23.5 Å². The Balaban J connectivity index is 1.69. The maximum absolute atomic E-state index is 12.3. The molecule has 1 unspecified atom stereocenters. The molecule has 1 aromatic carbocycles. The second kappa shape index (κ2) is 7.88. The fourth-order valence-electron chi connectivity index (χ4n) is 3.16. The summed E-state index contributed by atoms with van der Waals surface area (Å²) in [6, 6.07) is 9.16. The van der Waals surface area contributed by atoms with Crippen molar-refractivity contribution in [3.63, 3.8) is 0 Å². The summed E-state index contributed by atoms with van der Waals surface area (Å²) in [4.78, 5) is 27.7. The fourth-order valence-corrected chi connectivity index (χ4v) is 4.29. The van der Waals surface area contributed by atoms with Gasteiger partial charge in [-0.1, -0.05) is 18.2 Å². The van der Waals surface area contributed by atoms with Crippen molar-refractivity contribution in [1.29, 1.82) is 0 Å². The molecule has 1 amide bonds. The monoisotopic (exact) mass is 373 g/mol. The average molecular weight is 373 g/mol. The van der Waals surface area contributed by atoms with Gasteiger partial charge in [-0.15, -0.1) is 11.3 Å². The Bertz CT molecular complexity index is 804. The molecule has 1 aliphatic heterocycles. The van der Waals surface area contributed by atoms with E-state index in [-0.39, 0.29) is 18.0 Å². The number of carbonyl (C=O) groups is 2. The normalized spacial score (nSPS) is 15.2. The minimum atomic E-state index is -0.346. The van der Waals surface area contributed by atoms with Crippen LogP contribution in [0.2, 0.25) is 0 Å². The van der Waals surface area contributed by atoms with E-state index in [1.807, 2.05) is 25.1 Å². The topological polar surface area (TPSA) is 84.7 Å². The lowest BCUT2D eigenvalue weighted by molar-refractivity contribution is 0.0526. The molecule has 0 saturated heterocycles. The number of anilines is 1. The first-order chi connectivity index (χ1) is 12.5. The van der Waals surface area contributed by atoms with Crippen LogP contribution in [0.15, 0.2) is 30.3 Å². The molecule has 26 heavy (non-hydrogen) atoms. The van der Waals surface area contributed by atoms with E-state index < -0.39 is 0 Å². The van der Waals surface area contributed by atoms with E-state index >= 15 is 0 Å². The number of esters is 1. The number of nitrogens with one attached hydrogen (secondary N) is 1. The Labute approximate surface area is 156 Å². The van der Waals surface area contributed by atoms with Gasteiger partial charge >= 0.3 is 5.97 Å².